The van der Waals surface area contributed by atoms with E-state index in [1.807, 2.05) is 0 Å². The summed E-state index contributed by atoms with van der Waals surface area (Å²) in [4.78, 5) is 0. The lowest BCUT2D eigenvalue weighted by Crippen LogP contribution is -2.72. The number of allylic oxidation sites excluding steroid dienone is 4. The minimum absolute atomic E-state index is 0.0114. The van der Waals surface area contributed by atoms with Crippen LogP contribution in [0.15, 0.2) is 120 Å². The summed E-state index contributed by atoms with van der Waals surface area (Å²) >= 11 is 0. The number of rotatable bonds is 22. The lowest BCUT2D eigenvalue weighted by Gasteiger charge is -2.41. The number of benzene rings is 2. The van der Waals surface area contributed by atoms with Gasteiger partial charge in [0.1, 0.15) is 23.0 Å². The molecule has 4 unspecified atom stereocenters. The fraction of sp³-hybridized carbons (Fsp3) is 0.467. The van der Waals surface area contributed by atoms with Crippen LogP contribution in [0.5, 0.6) is 11.5 Å². The third kappa shape index (κ3) is 12.0. The van der Waals surface area contributed by atoms with E-state index in [1.54, 1.807) is 0 Å². The lowest BCUT2D eigenvalue weighted by atomic mass is 9.73. The summed E-state index contributed by atoms with van der Waals surface area (Å²) in [6.45, 7) is 0. The number of ether oxygens (including phenoxy) is 4. The molecule has 0 heterocycles. The van der Waals surface area contributed by atoms with E-state index in [0.717, 1.165) is 0 Å². The lowest BCUT2D eigenvalue weighted by molar-refractivity contribution is -0.451. The van der Waals surface area contributed by atoms with Crippen molar-refractivity contribution in [3.8, 4) is 11.5 Å². The average molecular weight is 1440 g/mol. The van der Waals surface area contributed by atoms with Gasteiger partial charge in [0, 0.05) is 0 Å². The zero-order chi connectivity index (χ0) is 73.2. The molecular formula is C45H24F40N4O4. The number of hydrogen-bond donors (Lipinski definition) is 4. The van der Waals surface area contributed by atoms with E-state index in [-0.39, 0.29) is 85.0 Å². The van der Waals surface area contributed by atoms with Gasteiger partial charge in [-0.15, -0.1) is 0 Å². The molecule has 2 aliphatic rings. The maximum Gasteiger partial charge on any atom is 0.460 e. The van der Waals surface area contributed by atoms with Gasteiger partial charge in [-0.25, -0.2) is 0 Å². The van der Waals surface area contributed by atoms with Crippen molar-refractivity contribution in [3.05, 3.63) is 131 Å². The standard InChI is InChI=1S/C45H24F40N4O4/c46-23(30(50,51)32(54,55)34(58,59)36(62,63)38(66,67)40(70,71)44(80,81)82)25(48)92-27(88)11-9-19(13-21(27)86)90-17-5-1-15(2-6-17)29(42(74,75)76,43(77,78)79)16-3-7-18(8-4-16)91-20-10-12-28(89,22(87)14-20)93-26(49)24(47)31(52,53)33(56,57)35(60,61)37(64,65)39(68,69)41(72,73)45(83,84)85/h1-14,21-22H,86-89H2. The SMILES string of the molecule is NC1C=C(Oc2ccc(C(c3ccc(OC4=CC(N)C(N)(OC(F)=C(F)C(F)(F)C(F)(F)C(F)(F)C(F)(F)C(F)(F)C(F)(F)C(F)(F)F)C=C4)cc3)(C(F)(F)F)C(F)(F)F)cc2)C=CC1(N)OC(F)=C(F)C(F)(F)C(F)(F)C(F)(F)C(F)(F)C(F)(F)C(F)(F)C(F)(F)F. The molecule has 0 aromatic heterocycles. The molecule has 4 rings (SSSR count). The number of halogens is 40. The van der Waals surface area contributed by atoms with Crippen LogP contribution in [0.25, 0.3) is 0 Å². The molecule has 0 spiro atoms. The molecule has 0 saturated carbocycles. The smallest absolute Gasteiger partial charge is 0.458 e. The minimum atomic E-state index is -8.93. The Morgan fingerprint density at radius 2 is 0.548 bits per heavy atom. The second kappa shape index (κ2) is 23.2. The fourth-order valence-electron chi connectivity index (χ4n) is 7.37. The Balaban J connectivity index is 1.58. The van der Waals surface area contributed by atoms with Gasteiger partial charge in [-0.3, -0.25) is 11.5 Å². The van der Waals surface area contributed by atoms with Gasteiger partial charge in [0.05, 0.1) is 12.1 Å². The molecule has 0 amide bonds. The predicted octanol–water partition coefficient (Wildman–Crippen LogP) is 15.7. The molecule has 528 valence electrons. The summed E-state index contributed by atoms with van der Waals surface area (Å²) in [5, 5.41) is 0. The highest BCUT2D eigenvalue weighted by Gasteiger charge is 2.96. The first kappa shape index (κ1) is 78.6. The molecule has 0 saturated heterocycles. The fourth-order valence-corrected chi connectivity index (χ4v) is 7.37. The second-order valence-corrected chi connectivity index (χ2v) is 18.8. The summed E-state index contributed by atoms with van der Waals surface area (Å²) in [5.41, 5.74) is 5.81. The number of nitrogens with two attached hydrogens (primary N) is 4. The summed E-state index contributed by atoms with van der Waals surface area (Å²) in [7, 11) is 0. The first-order valence-electron chi connectivity index (χ1n) is 22.7. The van der Waals surface area contributed by atoms with Gasteiger partial charge in [-0.05, 0) is 71.8 Å². The van der Waals surface area contributed by atoms with E-state index in [9.17, 15) is 176 Å². The van der Waals surface area contributed by atoms with E-state index < -0.39 is 183 Å². The van der Waals surface area contributed by atoms with E-state index in [1.165, 1.54) is 0 Å². The molecular weight excluding hydrogens is 1420 g/mol. The van der Waals surface area contributed by atoms with E-state index in [0.29, 0.717) is 0 Å². The van der Waals surface area contributed by atoms with Crippen molar-refractivity contribution in [3.63, 3.8) is 0 Å². The zero-order valence-electron chi connectivity index (χ0n) is 42.8. The molecule has 0 fully saturated rings. The zero-order valence-corrected chi connectivity index (χ0v) is 42.8. The van der Waals surface area contributed by atoms with Crippen molar-refractivity contribution in [2.75, 3.05) is 0 Å². The Bertz CT molecular complexity index is 3070. The molecule has 2 aromatic rings. The minimum Gasteiger partial charge on any atom is -0.458 e. The Morgan fingerprint density at radius 3 is 0.763 bits per heavy atom. The van der Waals surface area contributed by atoms with Crippen molar-refractivity contribution in [2.45, 2.75) is 125 Å². The van der Waals surface area contributed by atoms with Crippen LogP contribution >= 0.6 is 0 Å². The van der Waals surface area contributed by atoms with Crippen molar-refractivity contribution in [1.82, 2.24) is 0 Å². The number of alkyl halides is 36. The molecule has 8 N–H and O–H groups in total. The molecule has 8 nitrogen and oxygen atoms in total. The van der Waals surface area contributed by atoms with Gasteiger partial charge < -0.3 is 30.4 Å². The monoisotopic (exact) mass is 1440 g/mol. The molecule has 93 heavy (non-hydrogen) atoms. The van der Waals surface area contributed by atoms with Crippen LogP contribution in [-0.4, -0.2) is 119 Å². The predicted molar refractivity (Wildman–Crippen MR) is 223 cm³/mol. The molecule has 4 atom stereocenters. The van der Waals surface area contributed by atoms with Crippen LogP contribution < -0.4 is 32.4 Å². The van der Waals surface area contributed by atoms with Gasteiger partial charge in [-0.1, -0.05) is 24.3 Å². The van der Waals surface area contributed by atoms with Crippen LogP contribution in [-0.2, 0) is 14.9 Å². The second-order valence-electron chi connectivity index (χ2n) is 18.8. The normalized spacial score (nSPS) is 21.8. The summed E-state index contributed by atoms with van der Waals surface area (Å²) in [5.74, 6) is -117. The van der Waals surface area contributed by atoms with Crippen LogP contribution in [0.2, 0.25) is 0 Å². The molecule has 0 bridgehead atoms. The summed E-state index contributed by atoms with van der Waals surface area (Å²) in [6.07, 6.45) is -28.0. The third-order valence-corrected chi connectivity index (χ3v) is 12.7. The van der Waals surface area contributed by atoms with Gasteiger partial charge in [0.2, 0.25) is 17.1 Å². The maximum atomic E-state index is 14.9. The van der Waals surface area contributed by atoms with Crippen molar-refractivity contribution in [2.24, 2.45) is 22.9 Å². The van der Waals surface area contributed by atoms with Gasteiger partial charge in [0.25, 0.3) is 0 Å². The Hall–Kier alpha value is -6.88. The molecule has 0 aliphatic heterocycles. The van der Waals surface area contributed by atoms with Crippen molar-refractivity contribution in [1.29, 1.82) is 0 Å². The quantitative estimate of drug-likeness (QED) is 0.0519. The molecule has 48 heteroatoms. The highest BCUT2D eigenvalue weighted by atomic mass is 19.5. The molecule has 0 radical (unpaired) electrons. The number of hydrogen-bond acceptors (Lipinski definition) is 8. The molecule has 2 aliphatic carbocycles. The van der Waals surface area contributed by atoms with E-state index >= 15 is 0 Å². The van der Waals surface area contributed by atoms with Gasteiger partial charge >= 0.3 is 108 Å². The first-order chi connectivity index (χ1) is 40.9. The van der Waals surface area contributed by atoms with Crippen LogP contribution in [0.4, 0.5) is 176 Å². The van der Waals surface area contributed by atoms with Crippen LogP contribution in [0.1, 0.15) is 11.1 Å². The van der Waals surface area contributed by atoms with E-state index in [4.69, 9.17) is 32.4 Å². The summed E-state index contributed by atoms with van der Waals surface area (Å²) in [6, 6.07) is -11.9. The Labute approximate surface area is 485 Å². The van der Waals surface area contributed by atoms with E-state index in [2.05, 4.69) is 9.47 Å². The van der Waals surface area contributed by atoms with Crippen molar-refractivity contribution >= 4 is 0 Å². The van der Waals surface area contributed by atoms with Crippen LogP contribution in [0, 0.1) is 0 Å². The third-order valence-electron chi connectivity index (χ3n) is 12.7. The van der Waals surface area contributed by atoms with Crippen LogP contribution in [0.3, 0.4) is 0 Å². The summed E-state index contributed by atoms with van der Waals surface area (Å²) < 4.78 is 572. The van der Waals surface area contributed by atoms with Gasteiger partial charge in [0.15, 0.2) is 11.4 Å². The highest BCUT2D eigenvalue weighted by molar-refractivity contribution is 5.48. The van der Waals surface area contributed by atoms with Gasteiger partial charge in [-0.2, -0.15) is 176 Å². The topological polar surface area (TPSA) is 141 Å². The average Bonchev–Trinajstić information content (AvgIpc) is 0.712. The maximum absolute atomic E-state index is 14.9. The first-order valence-corrected chi connectivity index (χ1v) is 22.7. The molecule has 2 aromatic carbocycles. The Morgan fingerprint density at radius 1 is 0.323 bits per heavy atom. The van der Waals surface area contributed by atoms with Crippen molar-refractivity contribution < 1.29 is 195 Å². The Kier molecular flexibility index (Phi) is 19.6. The largest absolute Gasteiger partial charge is 0.460 e. The highest BCUT2D eigenvalue weighted by Crippen LogP contribution is 2.66.